The Labute approximate surface area is 197 Å². The number of fused-ring (bicyclic) bond motifs is 3. The molecule has 8 heteroatoms. The molecule has 2 N–H and O–H groups in total. The Morgan fingerprint density at radius 2 is 1.70 bits per heavy atom. The van der Waals surface area contributed by atoms with Crippen LogP contribution in [0.1, 0.15) is 30.9 Å². The van der Waals surface area contributed by atoms with Gasteiger partial charge in [-0.05, 0) is 36.1 Å². The quantitative estimate of drug-likeness (QED) is 0.673. The molecular formula is C25H28N2O5S. The Bertz CT molecular complexity index is 1020. The number of rotatable bonds is 6. The zero-order valence-electron chi connectivity index (χ0n) is 18.7. The molecule has 0 radical (unpaired) electrons. The normalized spacial score (nSPS) is 17.8. The summed E-state index contributed by atoms with van der Waals surface area (Å²) in [7, 11) is 0. The van der Waals surface area contributed by atoms with E-state index in [4.69, 9.17) is 4.74 Å². The summed E-state index contributed by atoms with van der Waals surface area (Å²) < 4.78 is 5.55. The number of nitrogens with zero attached hydrogens (tertiary/aromatic N) is 1. The molecule has 1 saturated heterocycles. The number of benzene rings is 2. The van der Waals surface area contributed by atoms with Crippen molar-refractivity contribution in [2.24, 2.45) is 5.41 Å². The molecule has 0 bridgehead atoms. The first-order valence-electron chi connectivity index (χ1n) is 11.0. The molecule has 0 spiro atoms. The minimum Gasteiger partial charge on any atom is -0.480 e. The van der Waals surface area contributed by atoms with Gasteiger partial charge in [-0.15, -0.1) is 11.8 Å². The number of hydrogen-bond acceptors (Lipinski definition) is 5. The molecule has 0 aromatic heterocycles. The standard InChI is InChI=1S/C25H28N2O5S/c1-25(2,23(30)27-11-12-33-21(13-27)22(28)29)15-26-24(31)32-14-20-18-9-5-3-7-16(18)17-8-4-6-10-19(17)20/h3-10,20-21H,11-15H2,1-2H3,(H,26,31)(H,28,29). The van der Waals surface area contributed by atoms with Crippen LogP contribution in [0.5, 0.6) is 0 Å². The van der Waals surface area contributed by atoms with Crippen molar-refractivity contribution in [3.05, 3.63) is 59.7 Å². The summed E-state index contributed by atoms with van der Waals surface area (Å²) in [5.41, 5.74) is 3.72. The molecule has 2 aromatic rings. The van der Waals surface area contributed by atoms with Gasteiger partial charge >= 0.3 is 12.1 Å². The van der Waals surface area contributed by atoms with Gasteiger partial charge in [0.05, 0.1) is 5.41 Å². The van der Waals surface area contributed by atoms with E-state index in [2.05, 4.69) is 29.6 Å². The second-order valence-corrected chi connectivity index (χ2v) is 10.3. The van der Waals surface area contributed by atoms with Crippen molar-refractivity contribution in [2.75, 3.05) is 32.0 Å². The summed E-state index contributed by atoms with van der Waals surface area (Å²) in [5, 5.41) is 11.4. The number of alkyl carbamates (subject to hydrolysis) is 1. The minimum absolute atomic E-state index is 0.0309. The van der Waals surface area contributed by atoms with Gasteiger partial charge in [0.15, 0.2) is 0 Å². The van der Waals surface area contributed by atoms with Crippen LogP contribution in [-0.2, 0) is 14.3 Å². The smallest absolute Gasteiger partial charge is 0.407 e. The fourth-order valence-corrected chi connectivity index (χ4v) is 5.47. The topological polar surface area (TPSA) is 95.9 Å². The largest absolute Gasteiger partial charge is 0.480 e. The Morgan fingerprint density at radius 1 is 1.09 bits per heavy atom. The van der Waals surface area contributed by atoms with Crippen molar-refractivity contribution in [3.63, 3.8) is 0 Å². The molecule has 1 aliphatic heterocycles. The highest BCUT2D eigenvalue weighted by Crippen LogP contribution is 2.44. The summed E-state index contributed by atoms with van der Waals surface area (Å²) in [6.07, 6.45) is -0.574. The van der Waals surface area contributed by atoms with Crippen molar-refractivity contribution in [3.8, 4) is 11.1 Å². The zero-order valence-corrected chi connectivity index (χ0v) is 19.6. The molecule has 1 heterocycles. The highest BCUT2D eigenvalue weighted by Gasteiger charge is 2.37. The molecular weight excluding hydrogens is 440 g/mol. The van der Waals surface area contributed by atoms with Crippen molar-refractivity contribution < 1.29 is 24.2 Å². The number of aliphatic carboxylic acids is 1. The Balaban J connectivity index is 1.33. The number of carboxylic acid groups (broad SMARTS) is 1. The number of nitrogens with one attached hydrogen (secondary N) is 1. The summed E-state index contributed by atoms with van der Waals surface area (Å²) in [4.78, 5) is 38.3. The van der Waals surface area contributed by atoms with Crippen molar-refractivity contribution in [1.29, 1.82) is 0 Å². The maximum Gasteiger partial charge on any atom is 0.407 e. The van der Waals surface area contributed by atoms with Gasteiger partial charge in [-0.1, -0.05) is 48.5 Å². The monoisotopic (exact) mass is 468 g/mol. The lowest BCUT2D eigenvalue weighted by atomic mass is 9.91. The van der Waals surface area contributed by atoms with Gasteiger partial charge in [-0.3, -0.25) is 9.59 Å². The molecule has 1 atom stereocenters. The van der Waals surface area contributed by atoms with Gasteiger partial charge in [0.1, 0.15) is 11.9 Å². The summed E-state index contributed by atoms with van der Waals surface area (Å²) >= 11 is 1.35. The Morgan fingerprint density at radius 3 is 2.30 bits per heavy atom. The average molecular weight is 469 g/mol. The minimum atomic E-state index is -0.910. The van der Waals surface area contributed by atoms with Gasteiger partial charge in [0.2, 0.25) is 5.91 Å². The van der Waals surface area contributed by atoms with E-state index in [1.165, 1.54) is 11.8 Å². The van der Waals surface area contributed by atoms with E-state index in [1.807, 2.05) is 24.3 Å². The van der Waals surface area contributed by atoms with Gasteiger partial charge in [0.25, 0.3) is 0 Å². The molecule has 1 fully saturated rings. The van der Waals surface area contributed by atoms with Crippen LogP contribution in [0, 0.1) is 5.41 Å². The van der Waals surface area contributed by atoms with Gasteiger partial charge in [-0.2, -0.15) is 0 Å². The number of thioether (sulfide) groups is 1. The SMILES string of the molecule is CC(C)(CNC(=O)OCC1c2ccccc2-c2ccccc21)C(=O)N1CCSC(C(=O)O)C1. The van der Waals surface area contributed by atoms with Gasteiger partial charge in [-0.25, -0.2) is 4.79 Å². The van der Waals surface area contributed by atoms with Crippen molar-refractivity contribution >= 4 is 29.7 Å². The maximum absolute atomic E-state index is 13.0. The lowest BCUT2D eigenvalue weighted by molar-refractivity contribution is -0.142. The first kappa shape index (κ1) is 23.2. The molecule has 2 aromatic carbocycles. The Kier molecular flexibility index (Phi) is 6.65. The highest BCUT2D eigenvalue weighted by atomic mass is 32.2. The number of carbonyl (C=O) groups excluding carboxylic acids is 2. The summed E-state index contributed by atoms with van der Waals surface area (Å²) in [5.74, 6) is -0.532. The van der Waals surface area contributed by atoms with Crippen molar-refractivity contribution in [2.45, 2.75) is 25.0 Å². The second kappa shape index (κ2) is 9.47. The van der Waals surface area contributed by atoms with E-state index < -0.39 is 22.7 Å². The van der Waals surface area contributed by atoms with Crippen LogP contribution < -0.4 is 5.32 Å². The van der Waals surface area contributed by atoms with Crippen LogP contribution in [0.4, 0.5) is 4.79 Å². The molecule has 2 aliphatic rings. The van der Waals surface area contributed by atoms with Crippen LogP contribution in [0.15, 0.2) is 48.5 Å². The number of hydrogen-bond donors (Lipinski definition) is 2. The molecule has 4 rings (SSSR count). The average Bonchev–Trinajstić information content (AvgIpc) is 3.15. The van der Waals surface area contributed by atoms with Crippen molar-refractivity contribution in [1.82, 2.24) is 10.2 Å². The van der Waals surface area contributed by atoms with E-state index >= 15 is 0 Å². The first-order chi connectivity index (χ1) is 15.8. The molecule has 2 amide bonds. The molecule has 1 aliphatic carbocycles. The predicted molar refractivity (Wildman–Crippen MR) is 127 cm³/mol. The number of carboxylic acids is 1. The molecule has 0 saturated carbocycles. The molecule has 1 unspecified atom stereocenters. The van der Waals surface area contributed by atoms with Crippen LogP contribution in [0.2, 0.25) is 0 Å². The predicted octanol–water partition coefficient (Wildman–Crippen LogP) is 3.58. The van der Waals surface area contributed by atoms with E-state index in [1.54, 1.807) is 18.7 Å². The lowest BCUT2D eigenvalue weighted by Gasteiger charge is -2.36. The van der Waals surface area contributed by atoms with Crippen LogP contribution >= 0.6 is 11.8 Å². The third kappa shape index (κ3) is 4.85. The van der Waals surface area contributed by atoms with E-state index in [-0.39, 0.29) is 31.5 Å². The summed E-state index contributed by atoms with van der Waals surface area (Å²) in [6.45, 7) is 4.48. The van der Waals surface area contributed by atoms with Gasteiger partial charge < -0.3 is 20.1 Å². The van der Waals surface area contributed by atoms with E-state index in [0.29, 0.717) is 12.3 Å². The number of ether oxygens (including phenoxy) is 1. The second-order valence-electron chi connectivity index (χ2n) is 9.01. The fraction of sp³-hybridized carbons (Fsp3) is 0.400. The van der Waals surface area contributed by atoms with Gasteiger partial charge in [0, 0.05) is 31.3 Å². The van der Waals surface area contributed by atoms with Crippen LogP contribution in [0.3, 0.4) is 0 Å². The first-order valence-corrected chi connectivity index (χ1v) is 12.1. The molecule has 33 heavy (non-hydrogen) atoms. The van der Waals surface area contributed by atoms with E-state index in [0.717, 1.165) is 22.3 Å². The zero-order chi connectivity index (χ0) is 23.6. The number of carbonyl (C=O) groups is 3. The van der Waals surface area contributed by atoms with Crippen LogP contribution in [0.25, 0.3) is 11.1 Å². The lowest BCUT2D eigenvalue weighted by Crippen LogP contribution is -2.52. The van der Waals surface area contributed by atoms with E-state index in [9.17, 15) is 19.5 Å². The highest BCUT2D eigenvalue weighted by molar-refractivity contribution is 8.00. The molecule has 7 nitrogen and oxygen atoms in total. The Hall–Kier alpha value is -3.00. The summed E-state index contributed by atoms with van der Waals surface area (Å²) in [6, 6.07) is 16.3. The fourth-order valence-electron chi connectivity index (χ4n) is 4.43. The molecule has 174 valence electrons. The maximum atomic E-state index is 13.0. The van der Waals surface area contributed by atoms with Crippen LogP contribution in [-0.4, -0.2) is 65.2 Å². The third-order valence-electron chi connectivity index (χ3n) is 6.23. The third-order valence-corrected chi connectivity index (χ3v) is 7.40. The number of amides is 2.